The van der Waals surface area contributed by atoms with E-state index in [1.807, 2.05) is 25.7 Å². The molecule has 25 heavy (non-hydrogen) atoms. The maximum absolute atomic E-state index is 12.3. The number of likely N-dealkylation sites (tertiary alicyclic amines) is 1. The van der Waals surface area contributed by atoms with Gasteiger partial charge in [-0.25, -0.2) is 0 Å². The van der Waals surface area contributed by atoms with Gasteiger partial charge in [-0.2, -0.15) is 0 Å². The second-order valence-corrected chi connectivity index (χ2v) is 9.78. The van der Waals surface area contributed by atoms with E-state index >= 15 is 0 Å². The van der Waals surface area contributed by atoms with Crippen molar-refractivity contribution in [3.63, 3.8) is 0 Å². The number of hydrogen-bond acceptors (Lipinski definition) is 2. The van der Waals surface area contributed by atoms with E-state index in [-0.39, 0.29) is 11.3 Å². The summed E-state index contributed by atoms with van der Waals surface area (Å²) >= 11 is 0. The molecule has 146 valence electrons. The lowest BCUT2D eigenvalue weighted by molar-refractivity contribution is -0.142. The van der Waals surface area contributed by atoms with E-state index in [4.69, 9.17) is 4.74 Å². The van der Waals surface area contributed by atoms with Gasteiger partial charge in [0.2, 0.25) is 5.91 Å². The number of carbonyl (C=O) groups excluding carboxylic acids is 1. The van der Waals surface area contributed by atoms with Crippen LogP contribution in [0.1, 0.15) is 86.0 Å². The molecule has 1 aliphatic heterocycles. The third-order valence-corrected chi connectivity index (χ3v) is 6.32. The van der Waals surface area contributed by atoms with Crippen LogP contribution in [0, 0.1) is 23.2 Å². The summed E-state index contributed by atoms with van der Waals surface area (Å²) in [6, 6.07) is 0. The molecule has 0 bridgehead atoms. The highest BCUT2D eigenvalue weighted by atomic mass is 16.5. The highest BCUT2D eigenvalue weighted by molar-refractivity contribution is 5.81. The molecule has 0 aromatic carbocycles. The van der Waals surface area contributed by atoms with E-state index in [9.17, 15) is 4.79 Å². The Morgan fingerprint density at radius 1 is 1.04 bits per heavy atom. The van der Waals surface area contributed by atoms with Gasteiger partial charge in [-0.3, -0.25) is 4.79 Å². The molecule has 0 aromatic heterocycles. The number of amides is 1. The molecule has 1 amide bonds. The summed E-state index contributed by atoms with van der Waals surface area (Å²) in [6.45, 7) is 13.4. The zero-order valence-corrected chi connectivity index (χ0v) is 17.4. The van der Waals surface area contributed by atoms with Gasteiger partial charge in [-0.1, -0.05) is 47.5 Å². The number of nitrogens with zero attached hydrogens (tertiary/aromatic N) is 1. The Labute approximate surface area is 155 Å². The summed E-state index contributed by atoms with van der Waals surface area (Å²) in [7, 11) is 0. The Morgan fingerprint density at radius 3 is 2.16 bits per heavy atom. The van der Waals surface area contributed by atoms with Gasteiger partial charge in [0, 0.05) is 25.1 Å². The summed E-state index contributed by atoms with van der Waals surface area (Å²) in [5.41, 5.74) is -0.262. The van der Waals surface area contributed by atoms with Crippen LogP contribution in [0.2, 0.25) is 0 Å². The number of hydrogen-bond donors (Lipinski definition) is 0. The van der Waals surface area contributed by atoms with Gasteiger partial charge in [-0.05, 0) is 56.3 Å². The molecule has 2 aliphatic rings. The molecule has 0 unspecified atom stereocenters. The molecule has 3 nitrogen and oxygen atoms in total. The van der Waals surface area contributed by atoms with Crippen LogP contribution in [0.15, 0.2) is 0 Å². The topological polar surface area (TPSA) is 29.5 Å². The Hall–Kier alpha value is -0.570. The molecular formula is C22H41NO2. The van der Waals surface area contributed by atoms with Gasteiger partial charge in [0.05, 0.1) is 6.10 Å². The second-order valence-electron chi connectivity index (χ2n) is 9.78. The summed E-state index contributed by atoms with van der Waals surface area (Å²) in [4.78, 5) is 14.3. The van der Waals surface area contributed by atoms with Gasteiger partial charge < -0.3 is 9.64 Å². The molecular weight excluding hydrogens is 310 g/mol. The Kier molecular flexibility index (Phi) is 7.79. The van der Waals surface area contributed by atoms with Crippen molar-refractivity contribution in [2.24, 2.45) is 23.2 Å². The van der Waals surface area contributed by atoms with Crippen molar-refractivity contribution >= 4 is 5.91 Å². The monoisotopic (exact) mass is 351 g/mol. The smallest absolute Gasteiger partial charge is 0.227 e. The van der Waals surface area contributed by atoms with Crippen molar-refractivity contribution in [2.75, 3.05) is 19.7 Å². The predicted octanol–water partition coefficient (Wildman–Crippen LogP) is 5.28. The number of rotatable bonds is 6. The maximum atomic E-state index is 12.3. The Bertz CT molecular complexity index is 397. The molecule has 1 saturated heterocycles. The van der Waals surface area contributed by atoms with Gasteiger partial charge >= 0.3 is 0 Å². The van der Waals surface area contributed by atoms with Gasteiger partial charge in [0.1, 0.15) is 0 Å². The fraction of sp³-hybridized carbons (Fsp3) is 0.955. The fourth-order valence-corrected chi connectivity index (χ4v) is 4.47. The first-order valence-electron chi connectivity index (χ1n) is 10.7. The highest BCUT2D eigenvalue weighted by Gasteiger charge is 2.30. The summed E-state index contributed by atoms with van der Waals surface area (Å²) in [5.74, 6) is 3.04. The molecule has 1 aliphatic carbocycles. The molecule has 1 saturated carbocycles. The number of ether oxygens (including phenoxy) is 1. The summed E-state index contributed by atoms with van der Waals surface area (Å²) in [5, 5.41) is 0. The number of carbonyl (C=O) groups is 1. The summed E-state index contributed by atoms with van der Waals surface area (Å²) in [6.07, 6.45) is 10.6. The Morgan fingerprint density at radius 2 is 1.64 bits per heavy atom. The van der Waals surface area contributed by atoms with Crippen molar-refractivity contribution in [2.45, 2.75) is 92.1 Å². The van der Waals surface area contributed by atoms with Crippen LogP contribution in [0.4, 0.5) is 0 Å². The fourth-order valence-electron chi connectivity index (χ4n) is 4.47. The van der Waals surface area contributed by atoms with Crippen molar-refractivity contribution in [1.82, 2.24) is 4.90 Å². The van der Waals surface area contributed by atoms with Crippen LogP contribution in [0.25, 0.3) is 0 Å². The quantitative estimate of drug-likeness (QED) is 0.609. The van der Waals surface area contributed by atoms with Gasteiger partial charge in [0.25, 0.3) is 0 Å². The average molecular weight is 352 g/mol. The molecule has 0 N–H and O–H groups in total. The lowest BCUT2D eigenvalue weighted by Gasteiger charge is -2.35. The largest absolute Gasteiger partial charge is 0.378 e. The van der Waals surface area contributed by atoms with E-state index in [1.54, 1.807) is 0 Å². The van der Waals surface area contributed by atoms with Crippen LogP contribution in [-0.2, 0) is 9.53 Å². The normalized spacial score (nSPS) is 26.2. The van der Waals surface area contributed by atoms with Crippen LogP contribution < -0.4 is 0 Å². The summed E-state index contributed by atoms with van der Waals surface area (Å²) < 4.78 is 6.11. The first-order valence-corrected chi connectivity index (χ1v) is 10.7. The first-order chi connectivity index (χ1) is 11.8. The van der Waals surface area contributed by atoms with E-state index < -0.39 is 0 Å². The lowest BCUT2D eigenvalue weighted by Crippen LogP contribution is -2.45. The minimum absolute atomic E-state index is 0.262. The SMILES string of the molecule is CC(C)C1CCC(CCCOC2CCN(C(=O)C(C)(C)C)CC2)CC1. The standard InChI is InChI=1S/C22H41NO2/c1-17(2)19-10-8-18(9-11-19)7-6-16-25-20-12-14-23(15-13-20)21(24)22(3,4)5/h17-20H,6-16H2,1-5H3. The van der Waals surface area contributed by atoms with Crippen LogP contribution in [0.3, 0.4) is 0 Å². The number of piperidine rings is 1. The molecule has 0 spiro atoms. The minimum Gasteiger partial charge on any atom is -0.378 e. The van der Waals surface area contributed by atoms with Crippen LogP contribution in [-0.4, -0.2) is 36.6 Å². The average Bonchev–Trinajstić information content (AvgIpc) is 2.58. The molecule has 0 radical (unpaired) electrons. The molecule has 0 aromatic rings. The highest BCUT2D eigenvalue weighted by Crippen LogP contribution is 2.35. The van der Waals surface area contributed by atoms with E-state index in [0.29, 0.717) is 6.10 Å². The van der Waals surface area contributed by atoms with Gasteiger partial charge in [0.15, 0.2) is 0 Å². The molecule has 0 atom stereocenters. The molecule has 2 fully saturated rings. The van der Waals surface area contributed by atoms with E-state index in [2.05, 4.69) is 13.8 Å². The third kappa shape index (κ3) is 6.58. The molecule has 3 heteroatoms. The maximum Gasteiger partial charge on any atom is 0.227 e. The lowest BCUT2D eigenvalue weighted by atomic mass is 9.76. The van der Waals surface area contributed by atoms with Crippen molar-refractivity contribution < 1.29 is 9.53 Å². The molecule has 1 heterocycles. The van der Waals surface area contributed by atoms with Gasteiger partial charge in [-0.15, -0.1) is 0 Å². The third-order valence-electron chi connectivity index (χ3n) is 6.32. The Balaban J connectivity index is 1.55. The molecule has 2 rings (SSSR count). The van der Waals surface area contributed by atoms with E-state index in [0.717, 1.165) is 50.3 Å². The first kappa shape index (κ1) is 20.7. The van der Waals surface area contributed by atoms with E-state index in [1.165, 1.54) is 38.5 Å². The second kappa shape index (κ2) is 9.39. The van der Waals surface area contributed by atoms with Crippen LogP contribution in [0.5, 0.6) is 0 Å². The van der Waals surface area contributed by atoms with Crippen molar-refractivity contribution in [3.05, 3.63) is 0 Å². The van der Waals surface area contributed by atoms with Crippen molar-refractivity contribution in [1.29, 1.82) is 0 Å². The van der Waals surface area contributed by atoms with Crippen LogP contribution >= 0.6 is 0 Å². The van der Waals surface area contributed by atoms with Crippen molar-refractivity contribution in [3.8, 4) is 0 Å². The predicted molar refractivity (Wildman–Crippen MR) is 105 cm³/mol. The zero-order valence-electron chi connectivity index (χ0n) is 17.4. The zero-order chi connectivity index (χ0) is 18.4. The minimum atomic E-state index is -0.262.